The standard InChI is InChI=1S/C11H8N4O3S/c16-11(17)8-6-15(14-12-8)5-7-4-9(18-13-7)10-2-1-3-19-10/h1-4,6H,5H2,(H,16,17). The maximum Gasteiger partial charge on any atom is 0.358 e. The Morgan fingerprint density at radius 1 is 1.53 bits per heavy atom. The van der Waals surface area contributed by atoms with Crippen LogP contribution in [0.25, 0.3) is 10.6 Å². The Labute approximate surface area is 111 Å². The third-order valence-corrected chi connectivity index (χ3v) is 3.29. The first-order valence-corrected chi connectivity index (χ1v) is 6.23. The Morgan fingerprint density at radius 2 is 2.42 bits per heavy atom. The van der Waals surface area contributed by atoms with E-state index in [-0.39, 0.29) is 5.69 Å². The molecule has 7 nitrogen and oxygen atoms in total. The van der Waals surface area contributed by atoms with Crippen LogP contribution in [0.5, 0.6) is 0 Å². The predicted octanol–water partition coefficient (Wildman–Crippen LogP) is 1.74. The molecule has 0 radical (unpaired) electrons. The molecule has 0 aliphatic carbocycles. The summed E-state index contributed by atoms with van der Waals surface area (Å²) in [4.78, 5) is 11.7. The van der Waals surface area contributed by atoms with Gasteiger partial charge in [-0.3, -0.25) is 0 Å². The summed E-state index contributed by atoms with van der Waals surface area (Å²) in [5.41, 5.74) is 0.562. The van der Waals surface area contributed by atoms with Gasteiger partial charge in [0.2, 0.25) is 0 Å². The molecule has 0 aliphatic heterocycles. The fourth-order valence-corrected chi connectivity index (χ4v) is 2.23. The van der Waals surface area contributed by atoms with Crippen molar-refractivity contribution in [2.75, 3.05) is 0 Å². The summed E-state index contributed by atoms with van der Waals surface area (Å²) in [7, 11) is 0. The van der Waals surface area contributed by atoms with Crippen LogP contribution < -0.4 is 0 Å². The summed E-state index contributed by atoms with van der Waals surface area (Å²) in [5.74, 6) is -0.422. The van der Waals surface area contributed by atoms with Gasteiger partial charge in [0.05, 0.1) is 17.6 Å². The average molecular weight is 276 g/mol. The van der Waals surface area contributed by atoms with E-state index in [9.17, 15) is 4.79 Å². The largest absolute Gasteiger partial charge is 0.476 e. The molecule has 3 rings (SSSR count). The van der Waals surface area contributed by atoms with Crippen LogP contribution >= 0.6 is 11.3 Å². The van der Waals surface area contributed by atoms with Gasteiger partial charge in [-0.1, -0.05) is 16.4 Å². The lowest BCUT2D eigenvalue weighted by atomic mass is 10.3. The predicted molar refractivity (Wildman–Crippen MR) is 65.9 cm³/mol. The van der Waals surface area contributed by atoms with Crippen LogP contribution in [-0.2, 0) is 6.54 Å². The summed E-state index contributed by atoms with van der Waals surface area (Å²) in [6.45, 7) is 0.315. The summed E-state index contributed by atoms with van der Waals surface area (Å²) in [6, 6.07) is 5.67. The second kappa shape index (κ2) is 4.65. The Kier molecular flexibility index (Phi) is 2.84. The molecule has 3 aromatic heterocycles. The number of carboxylic acids is 1. The van der Waals surface area contributed by atoms with Crippen molar-refractivity contribution in [1.29, 1.82) is 0 Å². The van der Waals surface area contributed by atoms with Crippen molar-refractivity contribution in [2.24, 2.45) is 0 Å². The smallest absolute Gasteiger partial charge is 0.358 e. The highest BCUT2D eigenvalue weighted by Crippen LogP contribution is 2.25. The van der Waals surface area contributed by atoms with E-state index in [2.05, 4.69) is 15.5 Å². The number of rotatable bonds is 4. The van der Waals surface area contributed by atoms with E-state index in [1.807, 2.05) is 17.5 Å². The topological polar surface area (TPSA) is 94.0 Å². The molecule has 8 heteroatoms. The first kappa shape index (κ1) is 11.6. The van der Waals surface area contributed by atoms with E-state index in [1.54, 1.807) is 17.4 Å². The van der Waals surface area contributed by atoms with Gasteiger partial charge in [0, 0.05) is 6.07 Å². The van der Waals surface area contributed by atoms with Gasteiger partial charge in [0.1, 0.15) is 5.69 Å². The molecule has 0 saturated carbocycles. The maximum atomic E-state index is 10.7. The van der Waals surface area contributed by atoms with Crippen LogP contribution in [0.4, 0.5) is 0 Å². The number of carboxylic acid groups (broad SMARTS) is 1. The van der Waals surface area contributed by atoms with E-state index in [4.69, 9.17) is 9.63 Å². The Hall–Kier alpha value is -2.48. The number of nitrogens with zero attached hydrogens (tertiary/aromatic N) is 4. The first-order chi connectivity index (χ1) is 9.22. The number of hydrogen-bond acceptors (Lipinski definition) is 6. The van der Waals surface area contributed by atoms with Gasteiger partial charge in [-0.2, -0.15) is 0 Å². The number of carbonyl (C=O) groups is 1. The van der Waals surface area contributed by atoms with E-state index < -0.39 is 5.97 Å². The fraction of sp³-hybridized carbons (Fsp3) is 0.0909. The van der Waals surface area contributed by atoms with Crippen molar-refractivity contribution in [3.63, 3.8) is 0 Å². The molecule has 96 valence electrons. The molecule has 0 spiro atoms. The number of hydrogen-bond donors (Lipinski definition) is 1. The molecule has 3 aromatic rings. The van der Waals surface area contributed by atoms with Gasteiger partial charge >= 0.3 is 5.97 Å². The highest BCUT2D eigenvalue weighted by molar-refractivity contribution is 7.13. The molecule has 1 N–H and O–H groups in total. The summed E-state index contributed by atoms with van der Waals surface area (Å²) < 4.78 is 6.62. The monoisotopic (exact) mass is 276 g/mol. The zero-order valence-electron chi connectivity index (χ0n) is 9.55. The summed E-state index contributed by atoms with van der Waals surface area (Å²) in [6.07, 6.45) is 1.35. The molecular formula is C11H8N4O3S. The van der Waals surface area contributed by atoms with Crippen molar-refractivity contribution in [3.8, 4) is 10.6 Å². The van der Waals surface area contributed by atoms with Gasteiger partial charge in [0.25, 0.3) is 0 Å². The maximum absolute atomic E-state index is 10.7. The highest BCUT2D eigenvalue weighted by atomic mass is 32.1. The van der Waals surface area contributed by atoms with Crippen LogP contribution in [0.15, 0.2) is 34.3 Å². The summed E-state index contributed by atoms with van der Waals surface area (Å²) >= 11 is 1.56. The first-order valence-electron chi connectivity index (χ1n) is 5.35. The van der Waals surface area contributed by atoms with Gasteiger partial charge < -0.3 is 9.63 Å². The normalized spacial score (nSPS) is 10.7. The molecule has 0 bridgehead atoms. The van der Waals surface area contributed by atoms with Crippen molar-refractivity contribution in [3.05, 3.63) is 41.2 Å². The van der Waals surface area contributed by atoms with Crippen LogP contribution in [0.3, 0.4) is 0 Å². The minimum Gasteiger partial charge on any atom is -0.476 e. The molecule has 0 fully saturated rings. The molecule has 19 heavy (non-hydrogen) atoms. The molecule has 0 unspecified atom stereocenters. The van der Waals surface area contributed by atoms with Crippen molar-refractivity contribution >= 4 is 17.3 Å². The van der Waals surface area contributed by atoms with Crippen molar-refractivity contribution in [1.82, 2.24) is 20.2 Å². The third-order valence-electron chi connectivity index (χ3n) is 2.40. The Balaban J connectivity index is 1.78. The van der Waals surface area contributed by atoms with Gasteiger partial charge in [-0.05, 0) is 11.4 Å². The lowest BCUT2D eigenvalue weighted by Gasteiger charge is -1.92. The van der Waals surface area contributed by atoms with Crippen LogP contribution in [-0.4, -0.2) is 31.2 Å². The number of aromatic carboxylic acids is 1. The van der Waals surface area contributed by atoms with Crippen LogP contribution in [0.1, 0.15) is 16.2 Å². The number of thiophene rings is 1. The second-order valence-electron chi connectivity index (χ2n) is 3.77. The van der Waals surface area contributed by atoms with Crippen molar-refractivity contribution in [2.45, 2.75) is 6.54 Å². The zero-order valence-corrected chi connectivity index (χ0v) is 10.4. The average Bonchev–Trinajstić information content (AvgIpc) is 3.09. The molecule has 0 saturated heterocycles. The second-order valence-corrected chi connectivity index (χ2v) is 4.71. The molecular weight excluding hydrogens is 268 g/mol. The van der Waals surface area contributed by atoms with E-state index in [1.165, 1.54) is 10.9 Å². The highest BCUT2D eigenvalue weighted by Gasteiger charge is 2.11. The number of aromatic nitrogens is 4. The third kappa shape index (κ3) is 2.38. The van der Waals surface area contributed by atoms with E-state index in [0.717, 1.165) is 4.88 Å². The lowest BCUT2D eigenvalue weighted by molar-refractivity contribution is 0.0690. The molecule has 0 atom stereocenters. The summed E-state index contributed by atoms with van der Waals surface area (Å²) in [5, 5.41) is 21.9. The quantitative estimate of drug-likeness (QED) is 0.780. The van der Waals surface area contributed by atoms with Gasteiger partial charge in [-0.15, -0.1) is 16.4 Å². The molecule has 0 aromatic carbocycles. The fourth-order valence-electron chi connectivity index (χ4n) is 1.56. The minimum absolute atomic E-state index is 0.0954. The Bertz CT molecular complexity index is 701. The van der Waals surface area contributed by atoms with Crippen molar-refractivity contribution < 1.29 is 14.4 Å². The van der Waals surface area contributed by atoms with Gasteiger partial charge in [-0.25, -0.2) is 9.48 Å². The Morgan fingerprint density at radius 3 is 3.11 bits per heavy atom. The van der Waals surface area contributed by atoms with Crippen LogP contribution in [0, 0.1) is 0 Å². The van der Waals surface area contributed by atoms with Gasteiger partial charge in [0.15, 0.2) is 11.5 Å². The molecule has 0 amide bonds. The van der Waals surface area contributed by atoms with E-state index >= 15 is 0 Å². The van der Waals surface area contributed by atoms with Crippen LogP contribution in [0.2, 0.25) is 0 Å². The van der Waals surface area contributed by atoms with E-state index in [0.29, 0.717) is 18.0 Å². The minimum atomic E-state index is -1.11. The SMILES string of the molecule is O=C(O)c1cn(Cc2cc(-c3cccs3)on2)nn1. The molecule has 0 aliphatic rings. The lowest BCUT2D eigenvalue weighted by Crippen LogP contribution is -2.00. The molecule has 3 heterocycles. The zero-order chi connectivity index (χ0) is 13.2.